The first-order valence-corrected chi connectivity index (χ1v) is 14.1. The summed E-state index contributed by atoms with van der Waals surface area (Å²) < 4.78 is 6.90. The highest BCUT2D eigenvalue weighted by Crippen LogP contribution is 2.39. The minimum atomic E-state index is -0.0689. The Labute approximate surface area is 221 Å². The molecular weight excluding hydrogens is 520 g/mol. The summed E-state index contributed by atoms with van der Waals surface area (Å²) in [5, 5.41) is 3.97. The van der Waals surface area contributed by atoms with E-state index in [2.05, 4.69) is 34.2 Å². The van der Waals surface area contributed by atoms with Gasteiger partial charge in [0, 0.05) is 26.8 Å². The van der Waals surface area contributed by atoms with E-state index in [1.54, 1.807) is 11.3 Å². The van der Waals surface area contributed by atoms with Gasteiger partial charge in [-0.2, -0.15) is 0 Å². The van der Waals surface area contributed by atoms with Crippen molar-refractivity contribution in [1.29, 1.82) is 0 Å². The van der Waals surface area contributed by atoms with Crippen molar-refractivity contribution in [3.63, 3.8) is 0 Å². The van der Waals surface area contributed by atoms with Crippen molar-refractivity contribution >= 4 is 50.1 Å². The number of aryl methyl sites for hydroxylation is 3. The summed E-state index contributed by atoms with van der Waals surface area (Å²) >= 11 is 5.23. The number of hydrogen-bond donors (Lipinski definition) is 1. The van der Waals surface area contributed by atoms with Crippen molar-refractivity contribution in [1.82, 2.24) is 0 Å². The molecule has 0 fully saturated rings. The third-order valence-electron chi connectivity index (χ3n) is 6.28. The van der Waals surface area contributed by atoms with Crippen LogP contribution < -0.4 is 10.1 Å². The van der Waals surface area contributed by atoms with Gasteiger partial charge in [0.15, 0.2) is 0 Å². The Morgan fingerprint density at radius 3 is 2.71 bits per heavy atom. The van der Waals surface area contributed by atoms with Gasteiger partial charge in [-0.25, -0.2) is 4.99 Å². The molecule has 2 aromatic carbocycles. The fourth-order valence-electron chi connectivity index (χ4n) is 4.38. The smallest absolute Gasteiger partial charge is 0.259 e. The molecule has 0 saturated carbocycles. The number of carbonyl (C=O) groups is 1. The van der Waals surface area contributed by atoms with Gasteiger partial charge in [-0.15, -0.1) is 11.3 Å². The number of carbonyl (C=O) groups excluding carboxylic acids is 1. The molecule has 35 heavy (non-hydrogen) atoms. The summed E-state index contributed by atoms with van der Waals surface area (Å²) in [6.45, 7) is 6.81. The molecule has 0 spiro atoms. The summed E-state index contributed by atoms with van der Waals surface area (Å²) in [5.74, 6) is 0.732. The van der Waals surface area contributed by atoms with Crippen LogP contribution in [0.3, 0.4) is 0 Å². The van der Waals surface area contributed by atoms with E-state index in [4.69, 9.17) is 9.73 Å². The maximum Gasteiger partial charge on any atom is 0.259 e. The summed E-state index contributed by atoms with van der Waals surface area (Å²) in [7, 11) is 0. The molecular formula is C29H33BrN2O2S. The van der Waals surface area contributed by atoms with Gasteiger partial charge in [0.2, 0.25) is 0 Å². The minimum Gasteiger partial charge on any atom is -0.493 e. The van der Waals surface area contributed by atoms with Crippen molar-refractivity contribution in [2.24, 2.45) is 4.99 Å². The van der Waals surface area contributed by atoms with Gasteiger partial charge in [-0.05, 0) is 86.9 Å². The Hall–Kier alpha value is -2.44. The average Bonchev–Trinajstić information content (AvgIpc) is 3.15. The van der Waals surface area contributed by atoms with Gasteiger partial charge in [0.05, 0.1) is 12.2 Å². The molecule has 1 N–H and O–H groups in total. The lowest BCUT2D eigenvalue weighted by atomic mass is 9.96. The molecule has 0 saturated heterocycles. The lowest BCUT2D eigenvalue weighted by Crippen LogP contribution is -2.15. The number of ether oxygens (including phenoxy) is 1. The number of nitrogens with zero attached hydrogens (tertiary/aromatic N) is 1. The zero-order valence-corrected chi connectivity index (χ0v) is 23.2. The van der Waals surface area contributed by atoms with E-state index in [1.165, 1.54) is 23.3 Å². The lowest BCUT2D eigenvalue weighted by molar-refractivity contribution is 0.102. The second-order valence-corrected chi connectivity index (χ2v) is 11.2. The van der Waals surface area contributed by atoms with Crippen molar-refractivity contribution in [3.05, 3.63) is 73.6 Å². The molecule has 4 rings (SSSR count). The Balaban J connectivity index is 1.73. The Morgan fingerprint density at radius 1 is 1.11 bits per heavy atom. The molecule has 1 aliphatic rings. The molecule has 0 aliphatic heterocycles. The van der Waals surface area contributed by atoms with E-state index in [0.717, 1.165) is 75.3 Å². The highest BCUT2D eigenvalue weighted by Gasteiger charge is 2.24. The second kappa shape index (κ2) is 12.0. The van der Waals surface area contributed by atoms with Gasteiger partial charge >= 0.3 is 0 Å². The number of thiophene rings is 1. The molecule has 0 bridgehead atoms. The maximum absolute atomic E-state index is 13.7. The van der Waals surface area contributed by atoms with Crippen molar-refractivity contribution in [2.45, 2.75) is 65.7 Å². The van der Waals surface area contributed by atoms with Crippen LogP contribution in [-0.2, 0) is 12.8 Å². The fourth-order valence-corrected chi connectivity index (χ4v) is 5.99. The molecule has 1 heterocycles. The van der Waals surface area contributed by atoms with Crippen molar-refractivity contribution in [3.8, 4) is 5.75 Å². The highest BCUT2D eigenvalue weighted by atomic mass is 79.9. The fraction of sp³-hybridized carbons (Fsp3) is 0.379. The first kappa shape index (κ1) is 25.6. The number of fused-ring (bicyclic) bond motifs is 1. The second-order valence-electron chi connectivity index (χ2n) is 9.16. The van der Waals surface area contributed by atoms with Crippen LogP contribution in [0.25, 0.3) is 0 Å². The van der Waals surface area contributed by atoms with Crippen LogP contribution in [-0.4, -0.2) is 18.7 Å². The maximum atomic E-state index is 13.7. The Kier molecular flexibility index (Phi) is 8.79. The van der Waals surface area contributed by atoms with E-state index < -0.39 is 0 Å². The van der Waals surface area contributed by atoms with Crippen LogP contribution in [0.4, 0.5) is 10.7 Å². The minimum absolute atomic E-state index is 0.0689. The van der Waals surface area contributed by atoms with Crippen molar-refractivity contribution in [2.75, 3.05) is 11.9 Å². The van der Waals surface area contributed by atoms with Gasteiger partial charge in [0.25, 0.3) is 5.91 Å². The molecule has 0 atom stereocenters. The highest BCUT2D eigenvalue weighted by molar-refractivity contribution is 9.10. The van der Waals surface area contributed by atoms with Crippen LogP contribution >= 0.6 is 27.3 Å². The molecule has 1 aliphatic carbocycles. The molecule has 0 unspecified atom stereocenters. The van der Waals surface area contributed by atoms with Gasteiger partial charge in [-0.1, -0.05) is 47.8 Å². The third-order valence-corrected chi connectivity index (χ3v) is 7.97. The molecule has 1 amide bonds. The zero-order valence-electron chi connectivity index (χ0n) is 20.7. The summed E-state index contributed by atoms with van der Waals surface area (Å²) in [4.78, 5) is 19.9. The standard InChI is InChI=1S/C29H33BrN2O2S/c1-4-15-34-25-14-13-22(30)17-21(25)18-31-29-27(23-9-7-5-6-8-10-26(23)35-29)28(33)32-24-16-19(2)11-12-20(24)3/h11-14,16-18H,4-10,15H2,1-3H3,(H,32,33). The van der Waals surface area contributed by atoms with Crippen LogP contribution in [0.2, 0.25) is 0 Å². The van der Waals surface area contributed by atoms with Crippen LogP contribution in [0, 0.1) is 13.8 Å². The molecule has 3 aromatic rings. The Morgan fingerprint density at radius 2 is 1.91 bits per heavy atom. The first-order valence-electron chi connectivity index (χ1n) is 12.5. The number of nitrogens with one attached hydrogen (secondary N) is 1. The normalized spacial score (nSPS) is 13.8. The molecule has 0 radical (unpaired) electrons. The topological polar surface area (TPSA) is 50.7 Å². The predicted octanol–water partition coefficient (Wildman–Crippen LogP) is 8.58. The van der Waals surface area contributed by atoms with E-state index in [1.807, 2.05) is 50.4 Å². The number of anilines is 1. The predicted molar refractivity (Wildman–Crippen MR) is 151 cm³/mol. The lowest BCUT2D eigenvalue weighted by Gasteiger charge is -2.13. The number of amides is 1. The van der Waals surface area contributed by atoms with Gasteiger partial charge < -0.3 is 10.1 Å². The van der Waals surface area contributed by atoms with Crippen LogP contribution in [0.5, 0.6) is 5.75 Å². The van der Waals surface area contributed by atoms with E-state index >= 15 is 0 Å². The zero-order chi connectivity index (χ0) is 24.8. The monoisotopic (exact) mass is 552 g/mol. The first-order chi connectivity index (χ1) is 17.0. The third kappa shape index (κ3) is 6.42. The van der Waals surface area contributed by atoms with Gasteiger partial charge in [0.1, 0.15) is 10.8 Å². The Bertz CT molecular complexity index is 1230. The van der Waals surface area contributed by atoms with E-state index in [-0.39, 0.29) is 5.91 Å². The molecule has 1 aromatic heterocycles. The molecule has 184 valence electrons. The largest absolute Gasteiger partial charge is 0.493 e. The number of hydrogen-bond acceptors (Lipinski definition) is 4. The van der Waals surface area contributed by atoms with Gasteiger partial charge in [-0.3, -0.25) is 4.79 Å². The van der Waals surface area contributed by atoms with E-state index in [9.17, 15) is 4.79 Å². The summed E-state index contributed by atoms with van der Waals surface area (Å²) in [5.41, 5.74) is 5.85. The van der Waals surface area contributed by atoms with Crippen LogP contribution in [0.1, 0.15) is 76.5 Å². The number of aliphatic imine (C=N–C) groups is 1. The molecule has 6 heteroatoms. The quantitative estimate of drug-likeness (QED) is 0.298. The number of rotatable bonds is 7. The SMILES string of the molecule is CCCOc1ccc(Br)cc1C=Nc1sc2c(c1C(=O)Nc1cc(C)ccc1C)CCCCCC2. The van der Waals surface area contributed by atoms with E-state index in [0.29, 0.717) is 6.61 Å². The number of halogens is 1. The van der Waals surface area contributed by atoms with Crippen molar-refractivity contribution < 1.29 is 9.53 Å². The summed E-state index contributed by atoms with van der Waals surface area (Å²) in [6.07, 6.45) is 9.45. The molecule has 4 nitrogen and oxygen atoms in total. The average molecular weight is 554 g/mol. The summed E-state index contributed by atoms with van der Waals surface area (Å²) in [6, 6.07) is 12.1. The van der Waals surface area contributed by atoms with Crippen LogP contribution in [0.15, 0.2) is 45.9 Å². The number of benzene rings is 2.